The van der Waals surface area contributed by atoms with Gasteiger partial charge in [0, 0.05) is 30.7 Å². The summed E-state index contributed by atoms with van der Waals surface area (Å²) < 4.78 is 25.5. The molecule has 2 N–H and O–H groups in total. The zero-order valence-corrected chi connectivity index (χ0v) is 10.9. The first-order chi connectivity index (χ1) is 8.90. The third-order valence-corrected chi connectivity index (χ3v) is 3.28. The molecule has 0 radical (unpaired) electrons. The van der Waals surface area contributed by atoms with Crippen LogP contribution < -0.4 is 10.9 Å². The highest BCUT2D eigenvalue weighted by atomic mass is 35.5. The molecule has 1 aliphatic carbocycles. The lowest BCUT2D eigenvalue weighted by Crippen LogP contribution is -2.34. The van der Waals surface area contributed by atoms with Gasteiger partial charge in [-0.15, -0.1) is 0 Å². The first kappa shape index (κ1) is 13.9. The van der Waals surface area contributed by atoms with Crippen LogP contribution in [0.3, 0.4) is 0 Å². The Morgan fingerprint density at radius 2 is 2.21 bits per heavy atom. The van der Waals surface area contributed by atoms with Crippen LogP contribution in [0.4, 0.5) is 14.6 Å². The van der Waals surface area contributed by atoms with Crippen molar-refractivity contribution in [2.24, 2.45) is 11.8 Å². The van der Waals surface area contributed by atoms with Gasteiger partial charge in [-0.3, -0.25) is 15.6 Å². The summed E-state index contributed by atoms with van der Waals surface area (Å²) in [5, 5.41) is 0.115. The van der Waals surface area contributed by atoms with E-state index in [0.717, 1.165) is 0 Å². The monoisotopic (exact) mass is 290 g/mol. The van der Waals surface area contributed by atoms with E-state index >= 15 is 0 Å². The van der Waals surface area contributed by atoms with Crippen molar-refractivity contribution in [3.63, 3.8) is 0 Å². The minimum atomic E-state index is -2.60. The van der Waals surface area contributed by atoms with E-state index in [-0.39, 0.29) is 29.7 Å². The molecule has 1 amide bonds. The molecule has 1 heterocycles. The van der Waals surface area contributed by atoms with E-state index in [1.807, 2.05) is 0 Å². The molecule has 8 heteroatoms. The summed E-state index contributed by atoms with van der Waals surface area (Å²) in [5.41, 5.74) is 4.89. The fraction of sp³-hybridized carbons (Fsp3) is 0.545. The molecule has 104 valence electrons. The van der Waals surface area contributed by atoms with Crippen LogP contribution in [0.1, 0.15) is 19.8 Å². The lowest BCUT2D eigenvalue weighted by atomic mass is 10.0. The van der Waals surface area contributed by atoms with Crippen molar-refractivity contribution in [3.05, 3.63) is 17.5 Å². The van der Waals surface area contributed by atoms with Crippen LogP contribution >= 0.6 is 11.6 Å². The number of aromatic nitrogens is 2. The van der Waals surface area contributed by atoms with Gasteiger partial charge in [0.15, 0.2) is 11.0 Å². The van der Waals surface area contributed by atoms with Crippen molar-refractivity contribution >= 4 is 23.3 Å². The summed E-state index contributed by atoms with van der Waals surface area (Å²) in [6.45, 7) is 1.60. The maximum atomic E-state index is 12.7. The van der Waals surface area contributed by atoms with Gasteiger partial charge in [0.05, 0.1) is 0 Å². The number of carbonyl (C=O) groups is 1. The van der Waals surface area contributed by atoms with Crippen LogP contribution in [0.5, 0.6) is 0 Å². The second-order valence-electron chi connectivity index (χ2n) is 4.61. The molecule has 1 saturated carbocycles. The zero-order valence-electron chi connectivity index (χ0n) is 10.2. The number of hydrogen-bond donors (Lipinski definition) is 2. The Balaban J connectivity index is 1.80. The number of alkyl halides is 2. The van der Waals surface area contributed by atoms with Crippen molar-refractivity contribution in [3.8, 4) is 0 Å². The number of anilines is 1. The van der Waals surface area contributed by atoms with Crippen LogP contribution in [-0.2, 0) is 4.79 Å². The number of carbonyl (C=O) groups excluding carboxylic acids is 1. The molecule has 0 spiro atoms. The number of halogens is 3. The van der Waals surface area contributed by atoms with Crippen LogP contribution in [-0.4, -0.2) is 21.8 Å². The largest absolute Gasteiger partial charge is 0.279 e. The molecular weight excluding hydrogens is 278 g/mol. The van der Waals surface area contributed by atoms with Gasteiger partial charge in [0.1, 0.15) is 0 Å². The second-order valence-corrected chi connectivity index (χ2v) is 4.97. The SMILES string of the molecule is CC(CC1CC1(F)F)C(=O)NNc1nccnc1Cl. The van der Waals surface area contributed by atoms with E-state index in [4.69, 9.17) is 11.6 Å². The number of nitrogens with zero attached hydrogens (tertiary/aromatic N) is 2. The molecule has 1 aromatic heterocycles. The second kappa shape index (κ2) is 5.24. The molecular formula is C11H13ClF2N4O. The van der Waals surface area contributed by atoms with Crippen molar-refractivity contribution in [2.75, 3.05) is 5.43 Å². The Bertz CT molecular complexity index is 486. The zero-order chi connectivity index (χ0) is 14.0. The molecule has 0 saturated heterocycles. The molecule has 2 atom stereocenters. The van der Waals surface area contributed by atoms with E-state index in [9.17, 15) is 13.6 Å². The summed E-state index contributed by atoms with van der Waals surface area (Å²) in [6.07, 6.45) is 2.85. The van der Waals surface area contributed by atoms with Gasteiger partial charge in [-0.2, -0.15) is 0 Å². The molecule has 0 bridgehead atoms. The van der Waals surface area contributed by atoms with E-state index in [0.29, 0.717) is 0 Å². The minimum absolute atomic E-state index is 0.115. The summed E-state index contributed by atoms with van der Waals surface area (Å²) in [6, 6.07) is 0. The molecule has 2 unspecified atom stereocenters. The normalized spacial score (nSPS) is 21.6. The Morgan fingerprint density at radius 3 is 2.79 bits per heavy atom. The van der Waals surface area contributed by atoms with Gasteiger partial charge >= 0.3 is 0 Å². The summed E-state index contributed by atoms with van der Waals surface area (Å²) in [7, 11) is 0. The predicted molar refractivity (Wildman–Crippen MR) is 65.6 cm³/mol. The first-order valence-corrected chi connectivity index (χ1v) is 6.18. The van der Waals surface area contributed by atoms with Gasteiger partial charge < -0.3 is 0 Å². The lowest BCUT2D eigenvalue weighted by molar-refractivity contribution is -0.124. The molecule has 19 heavy (non-hydrogen) atoms. The van der Waals surface area contributed by atoms with Crippen LogP contribution in [0.25, 0.3) is 0 Å². The Kier molecular flexibility index (Phi) is 3.84. The molecule has 2 rings (SSSR count). The highest BCUT2D eigenvalue weighted by molar-refractivity contribution is 6.31. The van der Waals surface area contributed by atoms with Crippen molar-refractivity contribution in [1.29, 1.82) is 0 Å². The Labute approximate surface area is 113 Å². The Morgan fingerprint density at radius 1 is 1.58 bits per heavy atom. The summed E-state index contributed by atoms with van der Waals surface area (Å²) >= 11 is 5.73. The molecule has 0 aromatic carbocycles. The topological polar surface area (TPSA) is 66.9 Å². The molecule has 1 aliphatic rings. The smallest absolute Gasteiger partial charge is 0.251 e. The van der Waals surface area contributed by atoms with E-state index in [1.165, 1.54) is 12.4 Å². The quantitative estimate of drug-likeness (QED) is 0.816. The fourth-order valence-corrected chi connectivity index (χ4v) is 1.86. The third-order valence-electron chi connectivity index (χ3n) is 3.00. The fourth-order valence-electron chi connectivity index (χ4n) is 1.71. The van der Waals surface area contributed by atoms with Crippen LogP contribution in [0.2, 0.25) is 5.15 Å². The van der Waals surface area contributed by atoms with Gasteiger partial charge in [-0.1, -0.05) is 18.5 Å². The summed E-state index contributed by atoms with van der Waals surface area (Å²) in [5.74, 6) is -3.98. The lowest BCUT2D eigenvalue weighted by Gasteiger charge is -2.13. The Hall–Kier alpha value is -1.50. The van der Waals surface area contributed by atoms with Crippen LogP contribution in [0, 0.1) is 11.8 Å². The molecule has 1 fully saturated rings. The molecule has 0 aliphatic heterocycles. The third kappa shape index (κ3) is 3.50. The maximum Gasteiger partial charge on any atom is 0.251 e. The summed E-state index contributed by atoms with van der Waals surface area (Å²) in [4.78, 5) is 19.3. The highest BCUT2D eigenvalue weighted by Gasteiger charge is 2.56. The molecule has 5 nitrogen and oxygen atoms in total. The average Bonchev–Trinajstić information content (AvgIpc) is 2.95. The van der Waals surface area contributed by atoms with Gasteiger partial charge in [0.2, 0.25) is 5.91 Å². The number of rotatable bonds is 5. The number of hydrogen-bond acceptors (Lipinski definition) is 4. The van der Waals surface area contributed by atoms with Crippen molar-refractivity contribution in [2.45, 2.75) is 25.7 Å². The molecule has 1 aromatic rings. The van der Waals surface area contributed by atoms with Crippen molar-refractivity contribution < 1.29 is 13.6 Å². The minimum Gasteiger partial charge on any atom is -0.279 e. The first-order valence-electron chi connectivity index (χ1n) is 5.80. The maximum absolute atomic E-state index is 12.7. The van der Waals surface area contributed by atoms with E-state index in [2.05, 4.69) is 20.8 Å². The standard InChI is InChI=1S/C11H13ClF2N4O/c1-6(4-7-5-11(7,13)14)10(19)18-17-9-8(12)15-2-3-16-9/h2-3,6-7H,4-5H2,1H3,(H,16,17)(H,18,19). The van der Waals surface area contributed by atoms with E-state index in [1.54, 1.807) is 6.92 Å². The average molecular weight is 291 g/mol. The number of amides is 1. The highest BCUT2D eigenvalue weighted by Crippen LogP contribution is 2.51. The van der Waals surface area contributed by atoms with Crippen LogP contribution in [0.15, 0.2) is 12.4 Å². The van der Waals surface area contributed by atoms with Crippen molar-refractivity contribution in [1.82, 2.24) is 15.4 Å². The van der Waals surface area contributed by atoms with Gasteiger partial charge in [0.25, 0.3) is 5.92 Å². The van der Waals surface area contributed by atoms with E-state index < -0.39 is 17.8 Å². The van der Waals surface area contributed by atoms with Gasteiger partial charge in [-0.05, 0) is 6.42 Å². The number of nitrogens with one attached hydrogen (secondary N) is 2. The van der Waals surface area contributed by atoms with Gasteiger partial charge in [-0.25, -0.2) is 18.7 Å². The number of hydrazine groups is 1. The predicted octanol–water partition coefficient (Wildman–Crippen LogP) is 2.25.